The molecule has 1 aliphatic rings. The predicted molar refractivity (Wildman–Crippen MR) is 116 cm³/mol. The van der Waals surface area contributed by atoms with Crippen molar-refractivity contribution in [2.24, 2.45) is 5.10 Å². The van der Waals surface area contributed by atoms with Gasteiger partial charge in [0.05, 0.1) is 6.21 Å². The van der Waals surface area contributed by atoms with Crippen molar-refractivity contribution >= 4 is 34.7 Å². The number of ether oxygens (including phenoxy) is 2. The van der Waals surface area contributed by atoms with Crippen LogP contribution in [0.2, 0.25) is 0 Å². The first kappa shape index (κ1) is 18.5. The lowest BCUT2D eigenvalue weighted by Gasteiger charge is -2.09. The molecule has 6 nitrogen and oxygen atoms in total. The molecule has 0 saturated carbocycles. The molecule has 1 aliphatic heterocycles. The summed E-state index contributed by atoms with van der Waals surface area (Å²) in [6.07, 6.45) is 1.66. The molecule has 1 amide bonds. The summed E-state index contributed by atoms with van der Waals surface area (Å²) < 4.78 is 13.9. The maximum Gasteiger partial charge on any atom is 0.271 e. The quantitative estimate of drug-likeness (QED) is 0.341. The van der Waals surface area contributed by atoms with E-state index in [9.17, 15) is 4.79 Å². The fourth-order valence-electron chi connectivity index (χ4n) is 3.17. The van der Waals surface area contributed by atoms with Crippen LogP contribution in [0.1, 0.15) is 27.3 Å². The lowest BCUT2D eigenvalue weighted by molar-refractivity contribution is 0.0954. The van der Waals surface area contributed by atoms with Crippen molar-refractivity contribution < 1.29 is 14.3 Å². The summed E-state index contributed by atoms with van der Waals surface area (Å²) in [6, 6.07) is 15.4. The van der Waals surface area contributed by atoms with E-state index in [4.69, 9.17) is 9.47 Å². The highest BCUT2D eigenvalue weighted by Gasteiger charge is 2.16. The third-order valence-electron chi connectivity index (χ3n) is 4.56. The largest absolute Gasteiger partial charge is 0.454 e. The number of carbonyl (C=O) groups is 1. The van der Waals surface area contributed by atoms with Crippen LogP contribution in [-0.2, 0) is 0 Å². The van der Waals surface area contributed by atoms with Crippen LogP contribution in [0, 0.1) is 17.4 Å². The van der Waals surface area contributed by atoms with Gasteiger partial charge in [-0.2, -0.15) is 5.10 Å². The molecule has 0 radical (unpaired) electrons. The van der Waals surface area contributed by atoms with Gasteiger partial charge in [0, 0.05) is 31.8 Å². The van der Waals surface area contributed by atoms with Crippen LogP contribution in [-0.4, -0.2) is 23.5 Å². The van der Waals surface area contributed by atoms with Gasteiger partial charge in [0.1, 0.15) is 0 Å². The number of amides is 1. The maximum absolute atomic E-state index is 12.3. The van der Waals surface area contributed by atoms with Gasteiger partial charge in [-0.3, -0.25) is 4.79 Å². The summed E-state index contributed by atoms with van der Waals surface area (Å²) in [6.45, 7) is 4.26. The zero-order chi connectivity index (χ0) is 19.7. The number of rotatable bonds is 4. The van der Waals surface area contributed by atoms with Crippen molar-refractivity contribution in [1.29, 1.82) is 0 Å². The number of halogens is 1. The average Bonchev–Trinajstić information content (AvgIpc) is 3.26. The Kier molecular flexibility index (Phi) is 5.08. The molecule has 4 rings (SSSR count). The number of aryl methyl sites for hydroxylation is 1. The zero-order valence-corrected chi connectivity index (χ0v) is 17.6. The van der Waals surface area contributed by atoms with Crippen LogP contribution in [0.5, 0.6) is 11.5 Å². The van der Waals surface area contributed by atoms with Crippen LogP contribution in [0.3, 0.4) is 0 Å². The lowest BCUT2D eigenvalue weighted by Crippen LogP contribution is -2.17. The number of hydrogen-bond donors (Lipinski definition) is 1. The molecule has 0 saturated heterocycles. The summed E-state index contributed by atoms with van der Waals surface area (Å²) in [5.74, 6) is 0.904. The van der Waals surface area contributed by atoms with Crippen LogP contribution in [0.15, 0.2) is 53.6 Å². The first-order valence-corrected chi connectivity index (χ1v) is 9.79. The molecule has 0 spiro atoms. The zero-order valence-electron chi connectivity index (χ0n) is 15.4. The summed E-state index contributed by atoms with van der Waals surface area (Å²) in [5.41, 5.74) is 7.23. The summed E-state index contributed by atoms with van der Waals surface area (Å²) in [7, 11) is 0. The van der Waals surface area contributed by atoms with Gasteiger partial charge < -0.3 is 14.0 Å². The van der Waals surface area contributed by atoms with E-state index in [0.29, 0.717) is 17.1 Å². The van der Waals surface area contributed by atoms with E-state index in [1.54, 1.807) is 24.4 Å². The summed E-state index contributed by atoms with van der Waals surface area (Å²) in [4.78, 5) is 12.3. The third-order valence-corrected chi connectivity index (χ3v) is 5.28. The second kappa shape index (κ2) is 7.67. The molecule has 1 aromatic heterocycles. The molecule has 1 N–H and O–H groups in total. The van der Waals surface area contributed by atoms with E-state index in [0.717, 1.165) is 22.6 Å². The first-order valence-electron chi connectivity index (χ1n) is 8.71. The predicted octanol–water partition coefficient (Wildman–Crippen LogP) is 4.19. The minimum atomic E-state index is -0.305. The Morgan fingerprint density at radius 3 is 2.64 bits per heavy atom. The number of fused-ring (bicyclic) bond motifs is 1. The Morgan fingerprint density at radius 1 is 1.11 bits per heavy atom. The minimum Gasteiger partial charge on any atom is -0.454 e. The van der Waals surface area contributed by atoms with Gasteiger partial charge >= 0.3 is 0 Å². The van der Waals surface area contributed by atoms with Gasteiger partial charge in [-0.25, -0.2) is 5.43 Å². The Morgan fingerprint density at radius 2 is 1.86 bits per heavy atom. The molecule has 3 aromatic rings. The van der Waals surface area contributed by atoms with E-state index in [2.05, 4.69) is 62.0 Å². The Bertz CT molecular complexity index is 1070. The van der Waals surface area contributed by atoms with Crippen molar-refractivity contribution in [3.05, 3.63) is 74.6 Å². The Balaban J connectivity index is 1.50. The molecule has 142 valence electrons. The van der Waals surface area contributed by atoms with Crippen LogP contribution in [0.4, 0.5) is 0 Å². The number of hydrogen-bond acceptors (Lipinski definition) is 4. The molecular formula is C21H18IN3O3. The lowest BCUT2D eigenvalue weighted by atomic mass is 10.2. The average molecular weight is 487 g/mol. The normalized spacial score (nSPS) is 12.5. The van der Waals surface area contributed by atoms with E-state index in [1.807, 2.05) is 19.9 Å². The van der Waals surface area contributed by atoms with Gasteiger partial charge in [0.25, 0.3) is 5.91 Å². The van der Waals surface area contributed by atoms with Crippen molar-refractivity contribution in [2.75, 3.05) is 6.79 Å². The van der Waals surface area contributed by atoms with Crippen molar-refractivity contribution in [1.82, 2.24) is 9.99 Å². The number of nitrogens with zero attached hydrogens (tertiary/aromatic N) is 2. The fraction of sp³-hybridized carbons (Fsp3) is 0.143. The highest BCUT2D eigenvalue weighted by Crippen LogP contribution is 2.32. The van der Waals surface area contributed by atoms with Crippen LogP contribution in [0.25, 0.3) is 5.69 Å². The monoisotopic (exact) mass is 487 g/mol. The maximum atomic E-state index is 12.3. The number of aromatic nitrogens is 1. The second-order valence-corrected chi connectivity index (χ2v) is 7.65. The van der Waals surface area contributed by atoms with E-state index in [-0.39, 0.29) is 12.7 Å². The van der Waals surface area contributed by atoms with Crippen molar-refractivity contribution in [2.45, 2.75) is 13.8 Å². The number of benzene rings is 2. The summed E-state index contributed by atoms with van der Waals surface area (Å²) in [5, 5.41) is 4.12. The highest BCUT2D eigenvalue weighted by molar-refractivity contribution is 14.1. The molecule has 0 unspecified atom stereocenters. The van der Waals surface area contributed by atoms with Gasteiger partial charge in [-0.1, -0.05) is 0 Å². The molecule has 0 aliphatic carbocycles. The molecule has 2 aromatic carbocycles. The summed E-state index contributed by atoms with van der Waals surface area (Å²) >= 11 is 2.29. The minimum absolute atomic E-state index is 0.175. The molecule has 0 fully saturated rings. The van der Waals surface area contributed by atoms with Gasteiger partial charge in [0.2, 0.25) is 6.79 Å². The van der Waals surface area contributed by atoms with E-state index < -0.39 is 0 Å². The topological polar surface area (TPSA) is 64.8 Å². The first-order chi connectivity index (χ1) is 13.5. The molecular weight excluding hydrogens is 469 g/mol. The van der Waals surface area contributed by atoms with Gasteiger partial charge in [0.15, 0.2) is 11.5 Å². The molecule has 7 heteroatoms. The Labute approximate surface area is 176 Å². The number of hydrazone groups is 1. The van der Waals surface area contributed by atoms with Gasteiger partial charge in [-0.05, 0) is 85.0 Å². The molecule has 2 heterocycles. The highest BCUT2D eigenvalue weighted by atomic mass is 127. The van der Waals surface area contributed by atoms with Crippen LogP contribution < -0.4 is 14.9 Å². The van der Waals surface area contributed by atoms with Crippen molar-refractivity contribution in [3.63, 3.8) is 0 Å². The molecule has 0 atom stereocenters. The number of nitrogens with one attached hydrogen (secondary N) is 1. The standard InChI is InChI=1S/C21H18IN3O3/c1-13-9-16(14(2)25(13)18-6-4-17(22)5-7-18)11-23-24-21(26)15-3-8-19-20(10-15)28-12-27-19/h3-11H,12H2,1-2H3,(H,24,26). The second-order valence-electron chi connectivity index (χ2n) is 6.41. The molecule has 0 bridgehead atoms. The molecule has 28 heavy (non-hydrogen) atoms. The van der Waals surface area contributed by atoms with Gasteiger partial charge in [-0.15, -0.1) is 0 Å². The third kappa shape index (κ3) is 3.62. The fourth-order valence-corrected chi connectivity index (χ4v) is 3.53. The van der Waals surface area contributed by atoms with Crippen molar-refractivity contribution in [3.8, 4) is 17.2 Å². The number of carbonyl (C=O) groups excluding carboxylic acids is 1. The van der Waals surface area contributed by atoms with E-state index in [1.165, 1.54) is 3.57 Å². The SMILES string of the molecule is Cc1cc(C=NNC(=O)c2ccc3c(c2)OCO3)c(C)n1-c1ccc(I)cc1. The Hall–Kier alpha value is -2.81. The smallest absolute Gasteiger partial charge is 0.271 e. The van der Waals surface area contributed by atoms with Crippen LogP contribution >= 0.6 is 22.6 Å². The van der Waals surface area contributed by atoms with E-state index >= 15 is 0 Å².